The summed E-state index contributed by atoms with van der Waals surface area (Å²) >= 11 is 1.89. The number of nitrogens with one attached hydrogen (secondary N) is 2. The monoisotopic (exact) mass is 399 g/mol. The molecule has 0 radical (unpaired) electrons. The third-order valence-corrected chi connectivity index (χ3v) is 4.17. The predicted octanol–water partition coefficient (Wildman–Crippen LogP) is 3.49. The van der Waals surface area contributed by atoms with Crippen LogP contribution in [0.15, 0.2) is 4.99 Å². The predicted molar refractivity (Wildman–Crippen MR) is 98.9 cm³/mol. The fraction of sp³-hybridized carbons (Fsp3) is 0.929. The van der Waals surface area contributed by atoms with E-state index in [1.54, 1.807) is 0 Å². The molecule has 1 saturated carbocycles. The standard InChI is InChI=1S/C14H29N3S.HI/c1-4-15-14(16-10-5-11-18-3)17-13-8-6-12(2)7-9-13;/h12-13H,4-11H2,1-3H3,(H2,15,16,17);1H. The summed E-state index contributed by atoms with van der Waals surface area (Å²) in [5.74, 6) is 3.12. The molecule has 0 bridgehead atoms. The second kappa shape index (κ2) is 12.1. The van der Waals surface area contributed by atoms with E-state index >= 15 is 0 Å². The number of nitrogens with zero attached hydrogens (tertiary/aromatic N) is 1. The van der Waals surface area contributed by atoms with Crippen molar-refractivity contribution < 1.29 is 0 Å². The van der Waals surface area contributed by atoms with E-state index in [1.807, 2.05) is 11.8 Å². The maximum atomic E-state index is 4.65. The zero-order valence-corrected chi connectivity index (χ0v) is 15.7. The molecule has 0 aromatic carbocycles. The minimum Gasteiger partial charge on any atom is -0.357 e. The van der Waals surface area contributed by atoms with Gasteiger partial charge in [-0.3, -0.25) is 4.99 Å². The zero-order valence-electron chi connectivity index (χ0n) is 12.6. The molecule has 1 rings (SSSR count). The number of hydrogen-bond donors (Lipinski definition) is 2. The topological polar surface area (TPSA) is 36.4 Å². The fourth-order valence-electron chi connectivity index (χ4n) is 2.32. The number of aliphatic imine (C=N–C) groups is 1. The number of halogens is 1. The van der Waals surface area contributed by atoms with Gasteiger partial charge in [0, 0.05) is 19.1 Å². The molecule has 3 nitrogen and oxygen atoms in total. The van der Waals surface area contributed by atoms with Gasteiger partial charge in [0.05, 0.1) is 0 Å². The largest absolute Gasteiger partial charge is 0.357 e. The molecule has 19 heavy (non-hydrogen) atoms. The molecule has 0 heterocycles. The van der Waals surface area contributed by atoms with Crippen molar-refractivity contribution in [3.8, 4) is 0 Å². The van der Waals surface area contributed by atoms with Crippen molar-refractivity contribution >= 4 is 41.7 Å². The molecule has 0 saturated heterocycles. The first-order valence-corrected chi connectivity index (χ1v) is 8.69. The van der Waals surface area contributed by atoms with E-state index in [2.05, 4.69) is 35.7 Å². The zero-order chi connectivity index (χ0) is 13.2. The average Bonchev–Trinajstić information content (AvgIpc) is 2.37. The first-order valence-electron chi connectivity index (χ1n) is 7.30. The maximum absolute atomic E-state index is 4.65. The SMILES string of the molecule is CCNC(=NCCCSC)NC1CCC(C)CC1.I. The van der Waals surface area contributed by atoms with Crippen molar-refractivity contribution in [1.82, 2.24) is 10.6 Å². The van der Waals surface area contributed by atoms with E-state index in [9.17, 15) is 0 Å². The Balaban J connectivity index is 0.00000324. The van der Waals surface area contributed by atoms with E-state index in [4.69, 9.17) is 0 Å². The molecule has 0 aromatic heterocycles. The van der Waals surface area contributed by atoms with Crippen LogP contribution in [0.2, 0.25) is 0 Å². The normalized spacial score (nSPS) is 23.6. The minimum atomic E-state index is 0. The molecule has 0 unspecified atom stereocenters. The quantitative estimate of drug-likeness (QED) is 0.311. The van der Waals surface area contributed by atoms with Gasteiger partial charge in [-0.15, -0.1) is 24.0 Å². The van der Waals surface area contributed by atoms with Gasteiger partial charge in [0.25, 0.3) is 0 Å². The molecule has 0 aromatic rings. The summed E-state index contributed by atoms with van der Waals surface area (Å²) in [5.41, 5.74) is 0. The Morgan fingerprint density at radius 3 is 2.53 bits per heavy atom. The second-order valence-corrected chi connectivity index (χ2v) is 6.19. The molecule has 0 atom stereocenters. The van der Waals surface area contributed by atoms with Crippen LogP contribution in [0.25, 0.3) is 0 Å². The van der Waals surface area contributed by atoms with Crippen LogP contribution in [0.3, 0.4) is 0 Å². The molecule has 114 valence electrons. The van der Waals surface area contributed by atoms with Crippen LogP contribution in [0.4, 0.5) is 0 Å². The Labute approximate surface area is 140 Å². The lowest BCUT2D eigenvalue weighted by Crippen LogP contribution is -2.44. The summed E-state index contributed by atoms with van der Waals surface area (Å²) in [6.45, 7) is 6.36. The van der Waals surface area contributed by atoms with Gasteiger partial charge in [-0.25, -0.2) is 0 Å². The number of rotatable bonds is 6. The molecule has 0 aliphatic heterocycles. The van der Waals surface area contributed by atoms with Crippen LogP contribution in [0.5, 0.6) is 0 Å². The van der Waals surface area contributed by atoms with Gasteiger partial charge in [-0.2, -0.15) is 11.8 Å². The number of guanidine groups is 1. The highest BCUT2D eigenvalue weighted by atomic mass is 127. The van der Waals surface area contributed by atoms with Crippen molar-refractivity contribution in [2.24, 2.45) is 10.9 Å². The van der Waals surface area contributed by atoms with Crippen molar-refractivity contribution in [2.45, 2.75) is 52.0 Å². The molecular formula is C14H30IN3S. The van der Waals surface area contributed by atoms with Crippen LogP contribution < -0.4 is 10.6 Å². The summed E-state index contributed by atoms with van der Waals surface area (Å²) in [4.78, 5) is 4.65. The van der Waals surface area contributed by atoms with E-state index in [-0.39, 0.29) is 24.0 Å². The second-order valence-electron chi connectivity index (χ2n) is 5.21. The van der Waals surface area contributed by atoms with E-state index in [0.717, 1.165) is 25.0 Å². The molecule has 0 amide bonds. The van der Waals surface area contributed by atoms with E-state index in [1.165, 1.54) is 37.9 Å². The molecule has 1 fully saturated rings. The maximum Gasteiger partial charge on any atom is 0.191 e. The summed E-state index contributed by atoms with van der Waals surface area (Å²) in [7, 11) is 0. The third-order valence-electron chi connectivity index (χ3n) is 3.48. The third kappa shape index (κ3) is 9.00. The van der Waals surface area contributed by atoms with Gasteiger partial charge < -0.3 is 10.6 Å². The van der Waals surface area contributed by atoms with Gasteiger partial charge in [0.15, 0.2) is 5.96 Å². The Morgan fingerprint density at radius 2 is 1.95 bits per heavy atom. The Kier molecular flexibility index (Phi) is 12.3. The van der Waals surface area contributed by atoms with Crippen molar-refractivity contribution in [2.75, 3.05) is 25.1 Å². The summed E-state index contributed by atoms with van der Waals surface area (Å²) in [6.07, 6.45) is 8.59. The van der Waals surface area contributed by atoms with Crippen molar-refractivity contribution in [3.63, 3.8) is 0 Å². The summed E-state index contributed by atoms with van der Waals surface area (Å²) in [5, 5.41) is 6.94. The molecule has 2 N–H and O–H groups in total. The van der Waals surface area contributed by atoms with E-state index in [0.29, 0.717) is 6.04 Å². The van der Waals surface area contributed by atoms with Crippen LogP contribution in [-0.4, -0.2) is 37.1 Å². The van der Waals surface area contributed by atoms with Gasteiger partial charge in [0.2, 0.25) is 0 Å². The Bertz CT molecular complexity index is 241. The first-order chi connectivity index (χ1) is 8.76. The summed E-state index contributed by atoms with van der Waals surface area (Å²) < 4.78 is 0. The smallest absolute Gasteiger partial charge is 0.191 e. The fourth-order valence-corrected chi connectivity index (χ4v) is 2.74. The lowest BCUT2D eigenvalue weighted by Gasteiger charge is -2.28. The number of hydrogen-bond acceptors (Lipinski definition) is 2. The van der Waals surface area contributed by atoms with Crippen LogP contribution >= 0.6 is 35.7 Å². The van der Waals surface area contributed by atoms with Gasteiger partial charge in [0.1, 0.15) is 0 Å². The van der Waals surface area contributed by atoms with E-state index < -0.39 is 0 Å². The molecule has 5 heteroatoms. The van der Waals surface area contributed by atoms with Crippen LogP contribution in [-0.2, 0) is 0 Å². The van der Waals surface area contributed by atoms with Gasteiger partial charge in [-0.05, 0) is 57.0 Å². The molecule has 1 aliphatic carbocycles. The average molecular weight is 399 g/mol. The lowest BCUT2D eigenvalue weighted by molar-refractivity contribution is 0.329. The molecule has 1 aliphatic rings. The van der Waals surface area contributed by atoms with Gasteiger partial charge >= 0.3 is 0 Å². The highest BCUT2D eigenvalue weighted by Gasteiger charge is 2.18. The van der Waals surface area contributed by atoms with Crippen LogP contribution in [0.1, 0.15) is 46.0 Å². The highest BCUT2D eigenvalue weighted by Crippen LogP contribution is 2.23. The van der Waals surface area contributed by atoms with Crippen molar-refractivity contribution in [1.29, 1.82) is 0 Å². The lowest BCUT2D eigenvalue weighted by atomic mass is 9.87. The number of thioether (sulfide) groups is 1. The first kappa shape index (κ1) is 19.4. The Hall–Kier alpha value is 0.350. The van der Waals surface area contributed by atoms with Gasteiger partial charge in [-0.1, -0.05) is 6.92 Å². The molecular weight excluding hydrogens is 369 g/mol. The van der Waals surface area contributed by atoms with Crippen LogP contribution in [0, 0.1) is 5.92 Å². The molecule has 0 spiro atoms. The van der Waals surface area contributed by atoms with Crippen molar-refractivity contribution in [3.05, 3.63) is 0 Å². The highest BCUT2D eigenvalue weighted by molar-refractivity contribution is 14.0. The summed E-state index contributed by atoms with van der Waals surface area (Å²) in [6, 6.07) is 0.625. The Morgan fingerprint density at radius 1 is 1.26 bits per heavy atom. The minimum absolute atomic E-state index is 0.